The molecule has 1 heterocycles. The highest BCUT2D eigenvalue weighted by Crippen LogP contribution is 2.07. The zero-order valence-corrected chi connectivity index (χ0v) is 9.10. The maximum atomic E-state index is 10.8. The minimum absolute atomic E-state index is 0.197. The molecule has 0 saturated heterocycles. The van der Waals surface area contributed by atoms with Gasteiger partial charge in [-0.1, -0.05) is 13.3 Å². The first-order chi connectivity index (χ1) is 7.15. The third-order valence-electron chi connectivity index (χ3n) is 2.13. The van der Waals surface area contributed by atoms with Gasteiger partial charge in [-0.15, -0.1) is 0 Å². The Labute approximate surface area is 89.3 Å². The van der Waals surface area contributed by atoms with Crippen LogP contribution in [0.4, 0.5) is 5.82 Å². The highest BCUT2D eigenvalue weighted by molar-refractivity contribution is 5.90. The smallest absolute Gasteiger partial charge is 0.268 e. The van der Waals surface area contributed by atoms with Crippen molar-refractivity contribution in [2.45, 2.75) is 19.8 Å². The van der Waals surface area contributed by atoms with Crippen LogP contribution in [0.1, 0.15) is 30.3 Å². The van der Waals surface area contributed by atoms with Crippen LogP contribution in [-0.2, 0) is 0 Å². The molecule has 0 unspecified atom stereocenters. The second kappa shape index (κ2) is 5.29. The van der Waals surface area contributed by atoms with Gasteiger partial charge in [0.2, 0.25) is 0 Å². The summed E-state index contributed by atoms with van der Waals surface area (Å²) in [6.07, 6.45) is 5.21. The van der Waals surface area contributed by atoms with E-state index in [9.17, 15) is 4.79 Å². The first-order valence-corrected chi connectivity index (χ1v) is 4.98. The van der Waals surface area contributed by atoms with Gasteiger partial charge in [0.05, 0.1) is 12.4 Å². The van der Waals surface area contributed by atoms with Crippen molar-refractivity contribution >= 4 is 11.7 Å². The number of carbonyl (C=O) groups excluding carboxylic acids is 1. The molecule has 0 aliphatic heterocycles. The minimum atomic E-state index is -0.551. The molecular formula is C10H16N4O. The third-order valence-corrected chi connectivity index (χ3v) is 2.13. The van der Waals surface area contributed by atoms with Crippen molar-refractivity contribution in [3.63, 3.8) is 0 Å². The molecule has 1 aromatic rings. The monoisotopic (exact) mass is 208 g/mol. The zero-order valence-electron chi connectivity index (χ0n) is 9.10. The number of unbranched alkanes of at least 4 members (excludes halogenated alkanes) is 1. The molecular weight excluding hydrogens is 192 g/mol. The minimum Gasteiger partial charge on any atom is -0.364 e. The van der Waals surface area contributed by atoms with Gasteiger partial charge in [-0.05, 0) is 6.42 Å². The van der Waals surface area contributed by atoms with Crippen molar-refractivity contribution < 1.29 is 4.79 Å². The van der Waals surface area contributed by atoms with E-state index in [1.807, 2.05) is 11.9 Å². The van der Waals surface area contributed by atoms with Crippen LogP contribution < -0.4 is 10.6 Å². The summed E-state index contributed by atoms with van der Waals surface area (Å²) < 4.78 is 0. The summed E-state index contributed by atoms with van der Waals surface area (Å²) in [6.45, 7) is 3.07. The number of anilines is 1. The topological polar surface area (TPSA) is 72.1 Å². The van der Waals surface area contributed by atoms with Crippen LogP contribution in [0.15, 0.2) is 12.4 Å². The summed E-state index contributed by atoms with van der Waals surface area (Å²) in [6, 6.07) is 0. The van der Waals surface area contributed by atoms with Crippen LogP contribution in [-0.4, -0.2) is 29.5 Å². The van der Waals surface area contributed by atoms with Crippen LogP contribution in [0.3, 0.4) is 0 Å². The van der Waals surface area contributed by atoms with Gasteiger partial charge in [-0.3, -0.25) is 4.79 Å². The lowest BCUT2D eigenvalue weighted by Crippen LogP contribution is -2.21. The molecule has 0 spiro atoms. The Balaban J connectivity index is 2.66. The van der Waals surface area contributed by atoms with E-state index >= 15 is 0 Å². The zero-order chi connectivity index (χ0) is 11.3. The molecule has 0 aliphatic carbocycles. The van der Waals surface area contributed by atoms with Gasteiger partial charge in [0.25, 0.3) is 5.91 Å². The fourth-order valence-electron chi connectivity index (χ4n) is 1.16. The average molecular weight is 208 g/mol. The molecule has 0 bridgehead atoms. The number of carbonyl (C=O) groups is 1. The number of hydrogen-bond acceptors (Lipinski definition) is 4. The Bertz CT molecular complexity index is 323. The lowest BCUT2D eigenvalue weighted by atomic mass is 10.3. The predicted molar refractivity (Wildman–Crippen MR) is 58.7 cm³/mol. The van der Waals surface area contributed by atoms with Crippen LogP contribution >= 0.6 is 0 Å². The van der Waals surface area contributed by atoms with Crippen molar-refractivity contribution in [3.8, 4) is 0 Å². The van der Waals surface area contributed by atoms with Gasteiger partial charge in [0.1, 0.15) is 11.5 Å². The largest absolute Gasteiger partial charge is 0.364 e. The molecule has 5 nitrogen and oxygen atoms in total. The SMILES string of the molecule is CCCCN(C)c1cnc(C(N)=O)cn1. The number of aromatic nitrogens is 2. The van der Waals surface area contributed by atoms with Crippen LogP contribution in [0.25, 0.3) is 0 Å². The molecule has 0 saturated carbocycles. The maximum Gasteiger partial charge on any atom is 0.268 e. The second-order valence-electron chi connectivity index (χ2n) is 3.40. The molecule has 0 fully saturated rings. The summed E-state index contributed by atoms with van der Waals surface area (Å²) in [5.74, 6) is 0.207. The van der Waals surface area contributed by atoms with Crippen LogP contribution in [0.2, 0.25) is 0 Å². The van der Waals surface area contributed by atoms with E-state index in [0.717, 1.165) is 25.2 Å². The molecule has 0 aromatic carbocycles. The lowest BCUT2D eigenvalue weighted by Gasteiger charge is -2.16. The van der Waals surface area contributed by atoms with E-state index < -0.39 is 5.91 Å². The summed E-state index contributed by atoms with van der Waals surface area (Å²) in [4.78, 5) is 20.8. The number of rotatable bonds is 5. The molecule has 1 amide bonds. The Morgan fingerprint density at radius 3 is 2.67 bits per heavy atom. The van der Waals surface area contributed by atoms with Gasteiger partial charge in [-0.25, -0.2) is 9.97 Å². The molecule has 2 N–H and O–H groups in total. The van der Waals surface area contributed by atoms with E-state index in [4.69, 9.17) is 5.73 Å². The fraction of sp³-hybridized carbons (Fsp3) is 0.500. The van der Waals surface area contributed by atoms with Gasteiger partial charge in [0, 0.05) is 13.6 Å². The fourth-order valence-corrected chi connectivity index (χ4v) is 1.16. The quantitative estimate of drug-likeness (QED) is 0.777. The molecule has 0 radical (unpaired) electrons. The van der Waals surface area contributed by atoms with Crippen molar-refractivity contribution in [2.24, 2.45) is 5.73 Å². The van der Waals surface area contributed by atoms with E-state index in [1.54, 1.807) is 6.20 Å². The highest BCUT2D eigenvalue weighted by atomic mass is 16.1. The second-order valence-corrected chi connectivity index (χ2v) is 3.40. The van der Waals surface area contributed by atoms with Crippen molar-refractivity contribution in [2.75, 3.05) is 18.5 Å². The van der Waals surface area contributed by atoms with Gasteiger partial charge in [-0.2, -0.15) is 0 Å². The van der Waals surface area contributed by atoms with E-state index in [-0.39, 0.29) is 5.69 Å². The Kier molecular flexibility index (Phi) is 4.03. The first kappa shape index (κ1) is 11.4. The third kappa shape index (κ3) is 3.19. The van der Waals surface area contributed by atoms with Gasteiger partial charge < -0.3 is 10.6 Å². The van der Waals surface area contributed by atoms with Crippen LogP contribution in [0.5, 0.6) is 0 Å². The van der Waals surface area contributed by atoms with Gasteiger partial charge >= 0.3 is 0 Å². The van der Waals surface area contributed by atoms with E-state index in [2.05, 4.69) is 16.9 Å². The highest BCUT2D eigenvalue weighted by Gasteiger charge is 2.05. The Morgan fingerprint density at radius 2 is 2.20 bits per heavy atom. The number of amides is 1. The molecule has 1 aromatic heterocycles. The number of hydrogen-bond donors (Lipinski definition) is 1. The molecule has 1 rings (SSSR count). The number of nitrogens with two attached hydrogens (primary N) is 1. The van der Waals surface area contributed by atoms with Gasteiger partial charge in [0.15, 0.2) is 0 Å². The van der Waals surface area contributed by atoms with E-state index in [0.29, 0.717) is 0 Å². The number of nitrogens with zero attached hydrogens (tertiary/aromatic N) is 3. The van der Waals surface area contributed by atoms with Crippen LogP contribution in [0, 0.1) is 0 Å². The summed E-state index contributed by atoms with van der Waals surface area (Å²) in [5, 5.41) is 0. The molecule has 5 heteroatoms. The summed E-state index contributed by atoms with van der Waals surface area (Å²) >= 11 is 0. The molecule has 82 valence electrons. The predicted octanol–water partition coefficient (Wildman–Crippen LogP) is 0.812. The summed E-state index contributed by atoms with van der Waals surface area (Å²) in [5.41, 5.74) is 5.26. The average Bonchev–Trinajstić information content (AvgIpc) is 2.26. The molecule has 0 atom stereocenters. The normalized spacial score (nSPS) is 10.0. The Hall–Kier alpha value is -1.65. The summed E-state index contributed by atoms with van der Waals surface area (Å²) in [7, 11) is 1.95. The van der Waals surface area contributed by atoms with E-state index in [1.165, 1.54) is 6.20 Å². The van der Waals surface area contributed by atoms with Crippen molar-refractivity contribution in [1.29, 1.82) is 0 Å². The van der Waals surface area contributed by atoms with Crippen molar-refractivity contribution in [1.82, 2.24) is 9.97 Å². The molecule has 15 heavy (non-hydrogen) atoms. The maximum absolute atomic E-state index is 10.8. The van der Waals surface area contributed by atoms with Crippen molar-refractivity contribution in [3.05, 3.63) is 18.1 Å². The Morgan fingerprint density at radius 1 is 1.47 bits per heavy atom. The lowest BCUT2D eigenvalue weighted by molar-refractivity contribution is 0.0995. The standard InChI is InChI=1S/C10H16N4O/c1-3-4-5-14(2)9-7-12-8(6-13-9)10(11)15/h6-7H,3-5H2,1-2H3,(H2,11,15). The molecule has 0 aliphatic rings. The number of primary amides is 1. The first-order valence-electron chi connectivity index (χ1n) is 4.98.